The predicted octanol–water partition coefficient (Wildman–Crippen LogP) is 4.63. The number of fused-ring (bicyclic) bond motifs is 3. The van der Waals surface area contributed by atoms with Gasteiger partial charge in [0.15, 0.2) is 0 Å². The van der Waals surface area contributed by atoms with Gasteiger partial charge in [0.05, 0.1) is 12.2 Å². The zero-order valence-electron chi connectivity index (χ0n) is 18.0. The van der Waals surface area contributed by atoms with E-state index in [1.54, 1.807) is 0 Å². The number of hydrogen-bond acceptors (Lipinski definition) is 3. The lowest BCUT2D eigenvalue weighted by Gasteiger charge is -2.62. The lowest BCUT2D eigenvalue weighted by atomic mass is 9.44. The van der Waals surface area contributed by atoms with Crippen LogP contribution >= 0.6 is 0 Å². The van der Waals surface area contributed by atoms with Gasteiger partial charge < -0.3 is 15.3 Å². The molecule has 0 aromatic rings. The summed E-state index contributed by atoms with van der Waals surface area (Å²) in [7, 11) is 0. The van der Waals surface area contributed by atoms with E-state index >= 15 is 0 Å². The Morgan fingerprint density at radius 2 is 1.62 bits per heavy atom. The molecule has 9 atom stereocenters. The fourth-order valence-corrected chi connectivity index (χ4v) is 7.37. The van der Waals surface area contributed by atoms with E-state index in [0.717, 1.165) is 25.2 Å². The molecule has 0 aromatic carbocycles. The third-order valence-corrected chi connectivity index (χ3v) is 8.97. The minimum absolute atomic E-state index is 0.0357. The van der Waals surface area contributed by atoms with E-state index in [4.69, 9.17) is 0 Å². The molecule has 3 fully saturated rings. The third-order valence-electron chi connectivity index (χ3n) is 8.97. The van der Waals surface area contributed by atoms with Crippen molar-refractivity contribution in [1.29, 1.82) is 0 Å². The van der Waals surface area contributed by atoms with E-state index in [2.05, 4.69) is 27.7 Å². The third kappa shape index (κ3) is 3.26. The van der Waals surface area contributed by atoms with Crippen LogP contribution in [0.5, 0.6) is 0 Å². The minimum Gasteiger partial charge on any atom is -0.396 e. The molecule has 3 aliphatic rings. The largest absolute Gasteiger partial charge is 0.396 e. The van der Waals surface area contributed by atoms with Gasteiger partial charge >= 0.3 is 0 Å². The van der Waals surface area contributed by atoms with Gasteiger partial charge in [-0.3, -0.25) is 0 Å². The van der Waals surface area contributed by atoms with Crippen LogP contribution in [0.3, 0.4) is 0 Å². The Morgan fingerprint density at radius 1 is 0.962 bits per heavy atom. The van der Waals surface area contributed by atoms with E-state index in [0.29, 0.717) is 17.3 Å². The number of aliphatic hydroxyl groups is 3. The summed E-state index contributed by atoms with van der Waals surface area (Å²) >= 11 is 0. The van der Waals surface area contributed by atoms with Crippen molar-refractivity contribution in [2.75, 3.05) is 6.61 Å². The maximum absolute atomic E-state index is 11.1. The Bertz CT molecular complexity index is 453. The second kappa shape index (κ2) is 8.49. The molecule has 0 bridgehead atoms. The van der Waals surface area contributed by atoms with Crippen molar-refractivity contribution < 1.29 is 15.3 Å². The number of rotatable bonds is 4. The molecule has 0 saturated heterocycles. The predicted molar refractivity (Wildman–Crippen MR) is 108 cm³/mol. The van der Waals surface area contributed by atoms with E-state index in [9.17, 15) is 15.3 Å². The normalized spacial score (nSPS) is 50.4. The zero-order chi connectivity index (χ0) is 19.7. The molecule has 3 aliphatic carbocycles. The molecule has 26 heavy (non-hydrogen) atoms. The lowest BCUT2D eigenvalue weighted by Crippen LogP contribution is -2.62. The second-order valence-electron chi connectivity index (χ2n) is 9.64. The molecule has 4 unspecified atom stereocenters. The summed E-state index contributed by atoms with van der Waals surface area (Å²) in [6.07, 6.45) is 6.38. The molecular formula is C23H44O3. The van der Waals surface area contributed by atoms with Crippen LogP contribution in [0.4, 0.5) is 0 Å². The van der Waals surface area contributed by atoms with Crippen LogP contribution in [-0.4, -0.2) is 34.1 Å². The van der Waals surface area contributed by atoms with E-state index in [-0.39, 0.29) is 23.9 Å². The highest BCUT2D eigenvalue weighted by molar-refractivity contribution is 5.11. The molecule has 3 nitrogen and oxygen atoms in total. The Labute approximate surface area is 161 Å². The topological polar surface area (TPSA) is 60.7 Å². The fourth-order valence-electron chi connectivity index (χ4n) is 7.37. The molecule has 0 amide bonds. The summed E-state index contributed by atoms with van der Waals surface area (Å²) in [6.45, 7) is 13.5. The molecule has 0 spiro atoms. The average molecular weight is 369 g/mol. The Kier molecular flexibility index (Phi) is 7.24. The van der Waals surface area contributed by atoms with Gasteiger partial charge in [-0.15, -0.1) is 0 Å². The van der Waals surface area contributed by atoms with E-state index in [1.807, 2.05) is 13.8 Å². The molecule has 0 aromatic heterocycles. The molecule has 0 aliphatic heterocycles. The van der Waals surface area contributed by atoms with Gasteiger partial charge in [0.25, 0.3) is 0 Å². The van der Waals surface area contributed by atoms with Crippen LogP contribution in [0.1, 0.15) is 86.5 Å². The molecule has 3 N–H and O–H groups in total. The van der Waals surface area contributed by atoms with E-state index < -0.39 is 12.2 Å². The Balaban J connectivity index is 0.00000117. The molecule has 154 valence electrons. The van der Waals surface area contributed by atoms with Gasteiger partial charge in [0.2, 0.25) is 0 Å². The summed E-state index contributed by atoms with van der Waals surface area (Å²) in [5.74, 6) is 2.12. The molecule has 0 heterocycles. The first-order valence-electron chi connectivity index (χ1n) is 11.3. The van der Waals surface area contributed by atoms with Crippen molar-refractivity contribution in [2.45, 2.75) is 98.7 Å². The minimum atomic E-state index is -0.613. The molecular weight excluding hydrogens is 324 g/mol. The SMILES string of the molecule is CC.CCC1[C@@H](O)[C@H](O)C2C(CC[C@@]3(C)C2CC[C@@H]3C)[C@@]1(C)CCCO. The van der Waals surface area contributed by atoms with Crippen molar-refractivity contribution in [3.05, 3.63) is 0 Å². The highest BCUT2D eigenvalue weighted by atomic mass is 16.3. The molecule has 3 rings (SSSR count). The molecule has 3 saturated carbocycles. The summed E-state index contributed by atoms with van der Waals surface area (Å²) in [5, 5.41) is 31.4. The standard InChI is InChI=1S/C21H38O3.C2H6/c1-5-14-18(23)19(24)17-15-8-7-13(2)20(15,3)11-9-16(17)21(14,4)10-6-12-22;1-2/h13-19,22-24H,5-12H2,1-4H3;1-2H3/t13-,14?,15?,16?,17?,18+,19+,20+,21-;/m0./s1. The van der Waals surface area contributed by atoms with Gasteiger partial charge in [-0.2, -0.15) is 0 Å². The first-order chi connectivity index (χ1) is 12.3. The molecule has 3 heteroatoms. The maximum atomic E-state index is 11.1. The van der Waals surface area contributed by atoms with Crippen molar-refractivity contribution >= 4 is 0 Å². The van der Waals surface area contributed by atoms with Crippen LogP contribution in [-0.2, 0) is 0 Å². The van der Waals surface area contributed by atoms with Crippen LogP contribution in [0.25, 0.3) is 0 Å². The average Bonchev–Trinajstić information content (AvgIpc) is 2.95. The van der Waals surface area contributed by atoms with Gasteiger partial charge in [-0.05, 0) is 78.9 Å². The van der Waals surface area contributed by atoms with Gasteiger partial charge in [0.1, 0.15) is 0 Å². The van der Waals surface area contributed by atoms with Crippen LogP contribution < -0.4 is 0 Å². The van der Waals surface area contributed by atoms with Crippen molar-refractivity contribution in [3.8, 4) is 0 Å². The summed E-state index contributed by atoms with van der Waals surface area (Å²) < 4.78 is 0. The van der Waals surface area contributed by atoms with E-state index in [1.165, 1.54) is 25.7 Å². The maximum Gasteiger partial charge on any atom is 0.0835 e. The second-order valence-corrected chi connectivity index (χ2v) is 9.64. The zero-order valence-corrected chi connectivity index (χ0v) is 18.0. The van der Waals surface area contributed by atoms with Crippen LogP contribution in [0, 0.1) is 40.4 Å². The fraction of sp³-hybridized carbons (Fsp3) is 1.00. The van der Waals surface area contributed by atoms with Crippen molar-refractivity contribution in [3.63, 3.8) is 0 Å². The summed E-state index contributed by atoms with van der Waals surface area (Å²) in [4.78, 5) is 0. The quantitative estimate of drug-likeness (QED) is 0.678. The Hall–Kier alpha value is -0.120. The van der Waals surface area contributed by atoms with Gasteiger partial charge in [-0.1, -0.05) is 48.0 Å². The Morgan fingerprint density at radius 3 is 2.19 bits per heavy atom. The highest BCUT2D eigenvalue weighted by Gasteiger charge is 2.62. The molecule has 0 radical (unpaired) electrons. The first-order valence-corrected chi connectivity index (χ1v) is 11.3. The van der Waals surface area contributed by atoms with Crippen LogP contribution in [0.15, 0.2) is 0 Å². The number of aliphatic hydroxyl groups excluding tert-OH is 3. The lowest BCUT2D eigenvalue weighted by molar-refractivity contribution is -0.207. The summed E-state index contributed by atoms with van der Waals surface area (Å²) in [6, 6.07) is 0. The van der Waals surface area contributed by atoms with Crippen molar-refractivity contribution in [1.82, 2.24) is 0 Å². The summed E-state index contributed by atoms with van der Waals surface area (Å²) in [5.41, 5.74) is 0.368. The van der Waals surface area contributed by atoms with Crippen LogP contribution in [0.2, 0.25) is 0 Å². The van der Waals surface area contributed by atoms with Crippen molar-refractivity contribution in [2.24, 2.45) is 40.4 Å². The monoisotopic (exact) mass is 368 g/mol. The van der Waals surface area contributed by atoms with Gasteiger partial charge in [0, 0.05) is 6.61 Å². The van der Waals surface area contributed by atoms with Gasteiger partial charge in [-0.25, -0.2) is 0 Å². The first kappa shape index (κ1) is 22.2. The smallest absolute Gasteiger partial charge is 0.0835 e. The highest BCUT2D eigenvalue weighted by Crippen LogP contribution is 2.66. The number of hydrogen-bond donors (Lipinski definition) is 3.